The van der Waals surface area contributed by atoms with Crippen LogP contribution in [0.3, 0.4) is 0 Å². The number of carbonyl (C=O) groups excluding carboxylic acids is 4. The average molecular weight is 657 g/mol. The molecule has 1 aromatic rings. The molecule has 2 saturated heterocycles. The van der Waals surface area contributed by atoms with Crippen molar-refractivity contribution >= 4 is 29.9 Å². The normalized spacial score (nSPS) is 19.9. The van der Waals surface area contributed by atoms with Crippen LogP contribution < -0.4 is 10.9 Å². The van der Waals surface area contributed by atoms with Gasteiger partial charge in [0, 0.05) is 26.1 Å². The summed E-state index contributed by atoms with van der Waals surface area (Å²) in [6.45, 7) is 14.4. The first-order chi connectivity index (χ1) is 22.2. The Morgan fingerprint density at radius 2 is 1.70 bits per heavy atom. The Labute approximate surface area is 280 Å². The minimum Gasteiger partial charge on any atom is -0.444 e. The molecule has 0 aromatic heterocycles. The van der Waals surface area contributed by atoms with E-state index >= 15 is 0 Å². The maximum Gasteiger partial charge on any atom is 0.410 e. The molecular formula is C36H56N4O7. The van der Waals surface area contributed by atoms with Gasteiger partial charge in [0.05, 0.1) is 11.8 Å². The number of amides is 4. The van der Waals surface area contributed by atoms with Gasteiger partial charge in [-0.1, -0.05) is 70.2 Å². The van der Waals surface area contributed by atoms with Crippen molar-refractivity contribution < 1.29 is 33.5 Å². The summed E-state index contributed by atoms with van der Waals surface area (Å²) < 4.78 is 11.2. The molecule has 0 radical (unpaired) electrons. The largest absolute Gasteiger partial charge is 0.444 e. The molecule has 4 amide bonds. The fourth-order valence-electron chi connectivity index (χ4n) is 5.85. The lowest BCUT2D eigenvalue weighted by molar-refractivity contribution is -0.203. The Morgan fingerprint density at radius 1 is 0.979 bits per heavy atom. The lowest BCUT2D eigenvalue weighted by Crippen LogP contribution is -2.57. The minimum atomic E-state index is -0.790. The van der Waals surface area contributed by atoms with Crippen molar-refractivity contribution in [1.82, 2.24) is 20.8 Å². The second kappa shape index (κ2) is 18.2. The summed E-state index contributed by atoms with van der Waals surface area (Å²) in [5, 5.41) is 1.33. The van der Waals surface area contributed by atoms with Crippen LogP contribution >= 0.6 is 0 Å². The zero-order valence-electron chi connectivity index (χ0n) is 29.3. The number of benzene rings is 1. The van der Waals surface area contributed by atoms with E-state index in [2.05, 4.69) is 10.9 Å². The maximum absolute atomic E-state index is 14.2. The van der Waals surface area contributed by atoms with Gasteiger partial charge in [-0.25, -0.2) is 15.1 Å². The summed E-state index contributed by atoms with van der Waals surface area (Å²) in [4.78, 5) is 62.0. The third-order valence-corrected chi connectivity index (χ3v) is 8.04. The summed E-state index contributed by atoms with van der Waals surface area (Å²) >= 11 is 0. The van der Waals surface area contributed by atoms with E-state index in [0.29, 0.717) is 38.8 Å². The Kier molecular flexibility index (Phi) is 14.7. The van der Waals surface area contributed by atoms with Gasteiger partial charge in [0.15, 0.2) is 6.29 Å². The van der Waals surface area contributed by atoms with Gasteiger partial charge >= 0.3 is 6.09 Å². The molecule has 0 bridgehead atoms. The monoisotopic (exact) mass is 656 g/mol. The number of rotatable bonds is 13. The van der Waals surface area contributed by atoms with E-state index in [1.165, 1.54) is 9.91 Å². The van der Waals surface area contributed by atoms with Gasteiger partial charge in [-0.2, -0.15) is 0 Å². The molecule has 47 heavy (non-hydrogen) atoms. The molecule has 2 N–H and O–H groups in total. The highest BCUT2D eigenvalue weighted by Crippen LogP contribution is 2.27. The Morgan fingerprint density at radius 3 is 2.32 bits per heavy atom. The van der Waals surface area contributed by atoms with Crippen LogP contribution in [0.5, 0.6) is 0 Å². The molecule has 11 nitrogen and oxygen atoms in total. The van der Waals surface area contributed by atoms with Gasteiger partial charge in [0.25, 0.3) is 5.91 Å². The highest BCUT2D eigenvalue weighted by atomic mass is 16.8. The standard InChI is InChI=1S/C36H56N4O7/c1-25(2)23-29(28(18-13-17-27-15-9-8-10-16-27)33(42)38-47-31-20-11-12-22-45-31)32(41)37-40(24-26(3)4)34(43)30-19-14-21-39(30)35(44)46-36(5,6)7/h8-10,13,15-17,25-26,28-31H,11-12,14,18-24H2,1-7H3,(H,37,41)(H,38,42)/b17-13+/t28-,29+,30-,31?/m0/s1. The molecule has 1 unspecified atom stereocenters. The van der Waals surface area contributed by atoms with Gasteiger partial charge in [-0.15, -0.1) is 0 Å². The van der Waals surface area contributed by atoms with Crippen LogP contribution in [0, 0.1) is 23.7 Å². The van der Waals surface area contributed by atoms with Gasteiger partial charge in [0.1, 0.15) is 11.6 Å². The second-order valence-corrected chi connectivity index (χ2v) is 14.4. The molecule has 2 aliphatic rings. The number of likely N-dealkylation sites (tertiary alicyclic amines) is 1. The number of carbonyl (C=O) groups is 4. The molecule has 11 heteroatoms. The van der Waals surface area contributed by atoms with E-state index in [9.17, 15) is 19.2 Å². The Bertz CT molecular complexity index is 1190. The maximum atomic E-state index is 14.2. The fraction of sp³-hybridized carbons (Fsp3) is 0.667. The molecule has 0 saturated carbocycles. The zero-order chi connectivity index (χ0) is 34.6. The van der Waals surface area contributed by atoms with Gasteiger partial charge in [-0.3, -0.25) is 29.7 Å². The van der Waals surface area contributed by atoms with Crippen molar-refractivity contribution in [2.24, 2.45) is 23.7 Å². The van der Waals surface area contributed by atoms with E-state index in [0.717, 1.165) is 18.4 Å². The third-order valence-electron chi connectivity index (χ3n) is 8.04. The van der Waals surface area contributed by atoms with E-state index in [-0.39, 0.29) is 30.7 Å². The van der Waals surface area contributed by atoms with Gasteiger partial charge in [0.2, 0.25) is 11.8 Å². The smallest absolute Gasteiger partial charge is 0.410 e. The van der Waals surface area contributed by atoms with Crippen LogP contribution in [-0.2, 0) is 28.7 Å². The van der Waals surface area contributed by atoms with Crippen molar-refractivity contribution in [3.8, 4) is 0 Å². The van der Waals surface area contributed by atoms with Crippen LogP contribution in [0.4, 0.5) is 4.79 Å². The van der Waals surface area contributed by atoms with E-state index in [4.69, 9.17) is 14.3 Å². The van der Waals surface area contributed by atoms with Crippen molar-refractivity contribution in [2.75, 3.05) is 19.7 Å². The van der Waals surface area contributed by atoms with Crippen LogP contribution in [0.1, 0.15) is 99.0 Å². The van der Waals surface area contributed by atoms with Crippen LogP contribution in [0.15, 0.2) is 36.4 Å². The quantitative estimate of drug-likeness (QED) is 0.255. The first kappa shape index (κ1) is 38.0. The fourth-order valence-corrected chi connectivity index (χ4v) is 5.85. The molecule has 2 aliphatic heterocycles. The van der Waals surface area contributed by atoms with Crippen molar-refractivity contribution in [3.05, 3.63) is 42.0 Å². The number of hydrazine groups is 1. The number of hydroxylamine groups is 1. The second-order valence-electron chi connectivity index (χ2n) is 14.4. The van der Waals surface area contributed by atoms with Crippen LogP contribution in [0.2, 0.25) is 0 Å². The third kappa shape index (κ3) is 12.6. The minimum absolute atomic E-state index is 0.0240. The number of ether oxygens (including phenoxy) is 2. The first-order valence-corrected chi connectivity index (χ1v) is 17.1. The van der Waals surface area contributed by atoms with Gasteiger partial charge < -0.3 is 9.47 Å². The van der Waals surface area contributed by atoms with Crippen molar-refractivity contribution in [3.63, 3.8) is 0 Å². The van der Waals surface area contributed by atoms with E-state index in [1.54, 1.807) is 20.8 Å². The Balaban J connectivity index is 1.85. The molecule has 1 aromatic carbocycles. The summed E-state index contributed by atoms with van der Waals surface area (Å²) in [6, 6.07) is 8.98. The van der Waals surface area contributed by atoms with Crippen molar-refractivity contribution in [1.29, 1.82) is 0 Å². The summed E-state index contributed by atoms with van der Waals surface area (Å²) in [5.41, 5.74) is 5.73. The number of hydrogen-bond donors (Lipinski definition) is 2. The molecule has 3 rings (SSSR count). The lowest BCUT2D eigenvalue weighted by atomic mass is 9.82. The molecule has 0 spiro atoms. The predicted octanol–water partition coefficient (Wildman–Crippen LogP) is 5.86. The summed E-state index contributed by atoms with van der Waals surface area (Å²) in [7, 11) is 0. The van der Waals surface area contributed by atoms with E-state index < -0.39 is 47.7 Å². The molecule has 2 fully saturated rings. The highest BCUT2D eigenvalue weighted by Gasteiger charge is 2.41. The lowest BCUT2D eigenvalue weighted by Gasteiger charge is -2.34. The molecule has 4 atom stereocenters. The number of nitrogens with one attached hydrogen (secondary N) is 2. The number of nitrogens with zero attached hydrogens (tertiary/aromatic N) is 2. The first-order valence-electron chi connectivity index (χ1n) is 17.1. The Hall–Kier alpha value is -3.44. The summed E-state index contributed by atoms with van der Waals surface area (Å²) in [6.07, 6.45) is 7.07. The average Bonchev–Trinajstić information content (AvgIpc) is 3.51. The van der Waals surface area contributed by atoms with Crippen LogP contribution in [0.25, 0.3) is 6.08 Å². The zero-order valence-corrected chi connectivity index (χ0v) is 29.3. The van der Waals surface area contributed by atoms with Crippen molar-refractivity contribution in [2.45, 2.75) is 111 Å². The predicted molar refractivity (Wildman–Crippen MR) is 180 cm³/mol. The van der Waals surface area contributed by atoms with E-state index in [1.807, 2.05) is 70.2 Å². The molecule has 262 valence electrons. The molecule has 0 aliphatic carbocycles. The molecule has 2 heterocycles. The van der Waals surface area contributed by atoms with Gasteiger partial charge in [-0.05, 0) is 76.7 Å². The number of hydrogen-bond acceptors (Lipinski definition) is 7. The highest BCUT2D eigenvalue weighted by molar-refractivity contribution is 5.91. The molecular weight excluding hydrogens is 600 g/mol. The summed E-state index contributed by atoms with van der Waals surface area (Å²) in [5.74, 6) is -2.70. The van der Waals surface area contributed by atoms with Crippen LogP contribution in [-0.4, -0.2) is 71.4 Å². The number of allylic oxidation sites excluding steroid dienone is 1. The topological polar surface area (TPSA) is 127 Å². The SMILES string of the molecule is CC(C)C[C@@H](C(=O)NN(CC(C)C)C(=O)[C@@H]1CCCN1C(=O)OC(C)(C)C)[C@H](C/C=C/c1ccccc1)C(=O)NOC1CCCCO1.